The molecule has 1 aromatic heterocycles. The Morgan fingerprint density at radius 3 is 2.58 bits per heavy atom. The molecular weight excluding hydrogens is 238 g/mol. The van der Waals surface area contributed by atoms with Crippen LogP contribution in [0.5, 0.6) is 5.75 Å². The van der Waals surface area contributed by atoms with Crippen molar-refractivity contribution in [3.05, 3.63) is 35.5 Å². The fourth-order valence-corrected chi connectivity index (χ4v) is 2.03. The van der Waals surface area contributed by atoms with Gasteiger partial charge in [0.1, 0.15) is 5.75 Å². The summed E-state index contributed by atoms with van der Waals surface area (Å²) in [7, 11) is 0. The lowest BCUT2D eigenvalue weighted by molar-refractivity contribution is 0.340. The highest BCUT2D eigenvalue weighted by atomic mass is 16.5. The van der Waals surface area contributed by atoms with Crippen molar-refractivity contribution in [3.63, 3.8) is 0 Å². The van der Waals surface area contributed by atoms with Gasteiger partial charge in [-0.05, 0) is 44.7 Å². The van der Waals surface area contributed by atoms with Crippen LogP contribution in [0.15, 0.2) is 24.3 Å². The molecule has 4 nitrogen and oxygen atoms in total. The third-order valence-electron chi connectivity index (χ3n) is 3.06. The van der Waals surface area contributed by atoms with Gasteiger partial charge >= 0.3 is 0 Å². The molecule has 102 valence electrons. The topological polar surface area (TPSA) is 49.9 Å². The van der Waals surface area contributed by atoms with E-state index in [2.05, 4.69) is 41.5 Å². The van der Waals surface area contributed by atoms with Crippen molar-refractivity contribution in [1.29, 1.82) is 0 Å². The van der Waals surface area contributed by atoms with E-state index in [-0.39, 0.29) is 0 Å². The maximum Gasteiger partial charge on any atom is 0.119 e. The minimum atomic E-state index is 0.687. The van der Waals surface area contributed by atoms with Crippen LogP contribution in [0.1, 0.15) is 25.1 Å². The first-order chi connectivity index (χ1) is 9.26. The molecule has 0 aliphatic rings. The Morgan fingerprint density at radius 2 is 1.95 bits per heavy atom. The third kappa shape index (κ3) is 3.15. The number of aryl methyl sites for hydroxylation is 1. The molecule has 1 heterocycles. The number of nitrogens with zero attached hydrogens (tertiary/aromatic N) is 1. The highest BCUT2D eigenvalue weighted by Crippen LogP contribution is 2.25. The van der Waals surface area contributed by atoms with Crippen LogP contribution >= 0.6 is 0 Å². The van der Waals surface area contributed by atoms with Crippen molar-refractivity contribution >= 4 is 0 Å². The monoisotopic (exact) mass is 259 g/mol. The van der Waals surface area contributed by atoms with Crippen molar-refractivity contribution in [2.75, 3.05) is 13.2 Å². The number of hydrogen-bond donors (Lipinski definition) is 2. The van der Waals surface area contributed by atoms with E-state index in [9.17, 15) is 0 Å². The van der Waals surface area contributed by atoms with Gasteiger partial charge in [-0.15, -0.1) is 0 Å². The summed E-state index contributed by atoms with van der Waals surface area (Å²) in [6.45, 7) is 8.62. The number of nitrogens with one attached hydrogen (secondary N) is 2. The molecule has 0 amide bonds. The van der Waals surface area contributed by atoms with Gasteiger partial charge < -0.3 is 10.1 Å². The Balaban J connectivity index is 2.25. The molecule has 0 aliphatic heterocycles. The van der Waals surface area contributed by atoms with E-state index < -0.39 is 0 Å². The molecule has 0 spiro atoms. The van der Waals surface area contributed by atoms with Gasteiger partial charge in [-0.3, -0.25) is 5.10 Å². The lowest BCUT2D eigenvalue weighted by atomic mass is 10.1. The first-order valence-electron chi connectivity index (χ1n) is 6.74. The highest BCUT2D eigenvalue weighted by molar-refractivity contribution is 5.64. The number of benzene rings is 1. The molecule has 2 N–H and O–H groups in total. The summed E-state index contributed by atoms with van der Waals surface area (Å²) in [4.78, 5) is 0. The van der Waals surface area contributed by atoms with Crippen molar-refractivity contribution in [2.24, 2.45) is 0 Å². The standard InChI is InChI=1S/C15H21N3O/c1-4-16-10-14-11(3)17-18-15(14)12-6-8-13(9-7-12)19-5-2/h6-9,16H,4-5,10H2,1-3H3,(H,17,18). The molecule has 1 aromatic carbocycles. The van der Waals surface area contributed by atoms with Gasteiger partial charge in [0.25, 0.3) is 0 Å². The average molecular weight is 259 g/mol. The van der Waals surface area contributed by atoms with Gasteiger partial charge in [-0.1, -0.05) is 6.92 Å². The second-order valence-electron chi connectivity index (χ2n) is 4.41. The Labute approximate surface area is 114 Å². The molecular formula is C15H21N3O. The maximum absolute atomic E-state index is 5.46. The number of H-pyrrole nitrogens is 1. The summed E-state index contributed by atoms with van der Waals surface area (Å²) in [5.74, 6) is 0.895. The maximum atomic E-state index is 5.46. The summed E-state index contributed by atoms with van der Waals surface area (Å²) in [5, 5.41) is 10.8. The number of aromatic nitrogens is 2. The van der Waals surface area contributed by atoms with E-state index in [1.165, 1.54) is 5.56 Å². The predicted octanol–water partition coefficient (Wildman–Crippen LogP) is 2.89. The number of ether oxygens (including phenoxy) is 1. The number of rotatable bonds is 6. The SMILES string of the molecule is CCNCc1c(-c2ccc(OCC)cc2)n[nH]c1C. The van der Waals surface area contributed by atoms with Crippen molar-refractivity contribution in [1.82, 2.24) is 15.5 Å². The summed E-state index contributed by atoms with van der Waals surface area (Å²) in [5.41, 5.74) is 4.47. The Hall–Kier alpha value is -1.81. The average Bonchev–Trinajstić information content (AvgIpc) is 2.79. The Kier molecular flexibility index (Phi) is 4.58. The van der Waals surface area contributed by atoms with E-state index in [1.54, 1.807) is 0 Å². The molecule has 0 saturated heterocycles. The van der Waals surface area contributed by atoms with Gasteiger partial charge in [0, 0.05) is 23.4 Å². The smallest absolute Gasteiger partial charge is 0.119 e. The Bertz CT molecular complexity index is 517. The van der Waals surface area contributed by atoms with E-state index in [1.807, 2.05) is 19.1 Å². The molecule has 0 fully saturated rings. The fraction of sp³-hybridized carbons (Fsp3) is 0.400. The van der Waals surface area contributed by atoms with Gasteiger partial charge in [0.15, 0.2) is 0 Å². The molecule has 4 heteroatoms. The van der Waals surface area contributed by atoms with Crippen molar-refractivity contribution in [2.45, 2.75) is 27.3 Å². The minimum Gasteiger partial charge on any atom is -0.494 e. The fourth-order valence-electron chi connectivity index (χ4n) is 2.03. The molecule has 0 unspecified atom stereocenters. The van der Waals surface area contributed by atoms with Gasteiger partial charge in [-0.2, -0.15) is 5.10 Å². The third-order valence-corrected chi connectivity index (χ3v) is 3.06. The van der Waals surface area contributed by atoms with Crippen LogP contribution in [-0.4, -0.2) is 23.3 Å². The number of hydrogen-bond acceptors (Lipinski definition) is 3. The first-order valence-corrected chi connectivity index (χ1v) is 6.74. The van der Waals surface area contributed by atoms with Gasteiger partial charge in [0.2, 0.25) is 0 Å². The summed E-state index contributed by atoms with van der Waals surface area (Å²) >= 11 is 0. The zero-order valence-corrected chi connectivity index (χ0v) is 11.8. The van der Waals surface area contributed by atoms with Crippen LogP contribution in [-0.2, 0) is 6.54 Å². The lowest BCUT2D eigenvalue weighted by Gasteiger charge is -2.06. The minimum absolute atomic E-state index is 0.687. The lowest BCUT2D eigenvalue weighted by Crippen LogP contribution is -2.12. The van der Waals surface area contributed by atoms with E-state index >= 15 is 0 Å². The normalized spacial score (nSPS) is 10.7. The van der Waals surface area contributed by atoms with E-state index in [0.29, 0.717) is 6.61 Å². The Morgan fingerprint density at radius 1 is 1.21 bits per heavy atom. The van der Waals surface area contributed by atoms with Gasteiger partial charge in [-0.25, -0.2) is 0 Å². The van der Waals surface area contributed by atoms with Crippen LogP contribution in [0.4, 0.5) is 0 Å². The molecule has 0 bridgehead atoms. The quantitative estimate of drug-likeness (QED) is 0.838. The van der Waals surface area contributed by atoms with Crippen molar-refractivity contribution in [3.8, 4) is 17.0 Å². The molecule has 2 aromatic rings. The van der Waals surface area contributed by atoms with Crippen LogP contribution < -0.4 is 10.1 Å². The van der Waals surface area contributed by atoms with Gasteiger partial charge in [0.05, 0.1) is 12.3 Å². The second kappa shape index (κ2) is 6.38. The first kappa shape index (κ1) is 13.6. The summed E-state index contributed by atoms with van der Waals surface area (Å²) in [6.07, 6.45) is 0. The zero-order chi connectivity index (χ0) is 13.7. The van der Waals surface area contributed by atoms with Crippen molar-refractivity contribution < 1.29 is 4.74 Å². The second-order valence-corrected chi connectivity index (χ2v) is 4.41. The summed E-state index contributed by atoms with van der Waals surface area (Å²) in [6, 6.07) is 8.08. The largest absolute Gasteiger partial charge is 0.494 e. The number of aromatic amines is 1. The molecule has 0 atom stereocenters. The molecule has 2 rings (SSSR count). The molecule has 19 heavy (non-hydrogen) atoms. The van der Waals surface area contributed by atoms with Crippen LogP contribution in [0.25, 0.3) is 11.3 Å². The van der Waals surface area contributed by atoms with Crippen LogP contribution in [0, 0.1) is 6.92 Å². The highest BCUT2D eigenvalue weighted by Gasteiger charge is 2.11. The predicted molar refractivity (Wildman–Crippen MR) is 77.3 cm³/mol. The van der Waals surface area contributed by atoms with Crippen LogP contribution in [0.2, 0.25) is 0 Å². The van der Waals surface area contributed by atoms with E-state index in [0.717, 1.165) is 35.8 Å². The van der Waals surface area contributed by atoms with E-state index in [4.69, 9.17) is 4.74 Å². The van der Waals surface area contributed by atoms with Crippen LogP contribution in [0.3, 0.4) is 0 Å². The molecule has 0 saturated carbocycles. The molecule has 0 radical (unpaired) electrons. The molecule has 0 aliphatic carbocycles. The zero-order valence-electron chi connectivity index (χ0n) is 11.8. The summed E-state index contributed by atoms with van der Waals surface area (Å²) < 4.78 is 5.46.